The van der Waals surface area contributed by atoms with E-state index in [-0.39, 0.29) is 6.04 Å². The monoisotopic (exact) mass is 299 g/mol. The molecule has 0 aliphatic heterocycles. The molecule has 3 rings (SSSR count). The summed E-state index contributed by atoms with van der Waals surface area (Å²) in [5, 5.41) is 6.55. The molecule has 3 aromatic rings. The SMILES string of the molecule is CCOc1cccc(C(C)Nc2ncnc3sccc23)c1. The minimum atomic E-state index is 0.142. The number of hydrogen-bond acceptors (Lipinski definition) is 5. The fourth-order valence-corrected chi connectivity index (χ4v) is 2.97. The summed E-state index contributed by atoms with van der Waals surface area (Å²) in [6.07, 6.45) is 1.60. The van der Waals surface area contributed by atoms with Crippen molar-refractivity contribution in [2.75, 3.05) is 11.9 Å². The summed E-state index contributed by atoms with van der Waals surface area (Å²) in [6.45, 7) is 4.78. The number of nitrogens with one attached hydrogen (secondary N) is 1. The van der Waals surface area contributed by atoms with E-state index in [9.17, 15) is 0 Å². The van der Waals surface area contributed by atoms with Crippen molar-refractivity contribution >= 4 is 27.4 Å². The second-order valence-electron chi connectivity index (χ2n) is 4.73. The first kappa shape index (κ1) is 13.8. The highest BCUT2D eigenvalue weighted by Gasteiger charge is 2.10. The van der Waals surface area contributed by atoms with Gasteiger partial charge in [0.15, 0.2) is 0 Å². The molecule has 0 aliphatic carbocycles. The van der Waals surface area contributed by atoms with Gasteiger partial charge in [0.1, 0.15) is 22.7 Å². The summed E-state index contributed by atoms with van der Waals surface area (Å²) < 4.78 is 5.55. The highest BCUT2D eigenvalue weighted by atomic mass is 32.1. The molecular formula is C16H17N3OS. The summed E-state index contributed by atoms with van der Waals surface area (Å²) in [5.74, 6) is 1.77. The lowest BCUT2D eigenvalue weighted by molar-refractivity contribution is 0.340. The maximum Gasteiger partial charge on any atom is 0.138 e. The van der Waals surface area contributed by atoms with Crippen LogP contribution in [0.25, 0.3) is 10.2 Å². The van der Waals surface area contributed by atoms with E-state index in [0.29, 0.717) is 6.61 Å². The van der Waals surface area contributed by atoms with Gasteiger partial charge >= 0.3 is 0 Å². The number of nitrogens with zero attached hydrogens (tertiary/aromatic N) is 2. The van der Waals surface area contributed by atoms with E-state index < -0.39 is 0 Å². The van der Waals surface area contributed by atoms with Gasteiger partial charge in [0.05, 0.1) is 18.0 Å². The van der Waals surface area contributed by atoms with Gasteiger partial charge in [0, 0.05) is 0 Å². The van der Waals surface area contributed by atoms with Crippen molar-refractivity contribution in [3.63, 3.8) is 0 Å². The number of fused-ring (bicyclic) bond motifs is 1. The van der Waals surface area contributed by atoms with Crippen LogP contribution in [0.1, 0.15) is 25.5 Å². The summed E-state index contributed by atoms with van der Waals surface area (Å²) in [4.78, 5) is 9.63. The minimum absolute atomic E-state index is 0.142. The van der Waals surface area contributed by atoms with E-state index in [0.717, 1.165) is 21.8 Å². The Kier molecular flexibility index (Phi) is 4.01. The molecule has 1 atom stereocenters. The molecule has 0 aliphatic rings. The summed E-state index contributed by atoms with van der Waals surface area (Å²) >= 11 is 1.62. The van der Waals surface area contributed by atoms with E-state index in [1.165, 1.54) is 5.56 Å². The molecule has 0 amide bonds. The molecule has 0 saturated heterocycles. The maximum absolute atomic E-state index is 5.55. The maximum atomic E-state index is 5.55. The number of hydrogen-bond donors (Lipinski definition) is 1. The third-order valence-electron chi connectivity index (χ3n) is 3.28. The fourth-order valence-electron chi connectivity index (χ4n) is 2.23. The molecule has 4 nitrogen and oxygen atoms in total. The van der Waals surface area contributed by atoms with E-state index >= 15 is 0 Å². The van der Waals surface area contributed by atoms with Gasteiger partial charge in [-0.1, -0.05) is 12.1 Å². The molecule has 0 fully saturated rings. The largest absolute Gasteiger partial charge is 0.494 e. The molecule has 1 unspecified atom stereocenters. The lowest BCUT2D eigenvalue weighted by atomic mass is 10.1. The second-order valence-corrected chi connectivity index (χ2v) is 5.63. The first-order valence-electron chi connectivity index (χ1n) is 6.95. The average molecular weight is 299 g/mol. The predicted octanol–water partition coefficient (Wildman–Crippen LogP) is 4.26. The Balaban J connectivity index is 1.84. The molecule has 1 aromatic carbocycles. The molecule has 0 spiro atoms. The molecule has 0 bridgehead atoms. The van der Waals surface area contributed by atoms with Gasteiger partial charge < -0.3 is 10.1 Å². The van der Waals surface area contributed by atoms with Gasteiger partial charge in [-0.2, -0.15) is 0 Å². The Morgan fingerprint density at radius 2 is 2.19 bits per heavy atom. The first-order chi connectivity index (χ1) is 10.3. The fraction of sp³-hybridized carbons (Fsp3) is 0.250. The van der Waals surface area contributed by atoms with Crippen LogP contribution in [0.2, 0.25) is 0 Å². The Morgan fingerprint density at radius 3 is 3.05 bits per heavy atom. The van der Waals surface area contributed by atoms with Crippen LogP contribution >= 0.6 is 11.3 Å². The highest BCUT2D eigenvalue weighted by Crippen LogP contribution is 2.28. The van der Waals surface area contributed by atoms with E-state index in [1.807, 2.05) is 30.5 Å². The van der Waals surface area contributed by atoms with Gasteiger partial charge in [-0.05, 0) is 43.0 Å². The van der Waals surface area contributed by atoms with Gasteiger partial charge in [0.25, 0.3) is 0 Å². The Bertz CT molecular complexity index is 741. The van der Waals surface area contributed by atoms with Crippen molar-refractivity contribution in [3.8, 4) is 5.75 Å². The van der Waals surface area contributed by atoms with Crippen molar-refractivity contribution in [1.82, 2.24) is 9.97 Å². The predicted molar refractivity (Wildman–Crippen MR) is 87.1 cm³/mol. The van der Waals surface area contributed by atoms with Crippen LogP contribution in [-0.4, -0.2) is 16.6 Å². The molecule has 1 N–H and O–H groups in total. The summed E-state index contributed by atoms with van der Waals surface area (Å²) in [6, 6.07) is 10.3. The zero-order valence-electron chi connectivity index (χ0n) is 12.0. The van der Waals surface area contributed by atoms with Crippen LogP contribution in [0.15, 0.2) is 42.0 Å². The first-order valence-corrected chi connectivity index (χ1v) is 7.83. The topological polar surface area (TPSA) is 47.0 Å². The van der Waals surface area contributed by atoms with Crippen LogP contribution in [0.5, 0.6) is 5.75 Å². The van der Waals surface area contributed by atoms with Gasteiger partial charge in [-0.25, -0.2) is 9.97 Å². The van der Waals surface area contributed by atoms with Crippen LogP contribution in [0, 0.1) is 0 Å². The van der Waals surface area contributed by atoms with E-state index in [4.69, 9.17) is 4.74 Å². The molecule has 2 heterocycles. The number of aromatic nitrogens is 2. The Labute approximate surface area is 127 Å². The number of anilines is 1. The number of thiophene rings is 1. The third-order valence-corrected chi connectivity index (χ3v) is 4.10. The lowest BCUT2D eigenvalue weighted by Gasteiger charge is -2.16. The molecule has 0 radical (unpaired) electrons. The number of ether oxygens (including phenoxy) is 1. The molecule has 0 saturated carbocycles. The van der Waals surface area contributed by atoms with Gasteiger partial charge in [-0.15, -0.1) is 11.3 Å². The van der Waals surface area contributed by atoms with Crippen LogP contribution in [0.4, 0.5) is 5.82 Å². The normalized spacial score (nSPS) is 12.3. The zero-order valence-corrected chi connectivity index (χ0v) is 12.9. The summed E-state index contributed by atoms with van der Waals surface area (Å²) in [7, 11) is 0. The van der Waals surface area contributed by atoms with Gasteiger partial charge in [-0.3, -0.25) is 0 Å². The molecule has 21 heavy (non-hydrogen) atoms. The zero-order chi connectivity index (χ0) is 14.7. The van der Waals surface area contributed by atoms with Crippen molar-refractivity contribution in [2.45, 2.75) is 19.9 Å². The number of benzene rings is 1. The quantitative estimate of drug-likeness (QED) is 0.764. The highest BCUT2D eigenvalue weighted by molar-refractivity contribution is 7.16. The molecular weight excluding hydrogens is 282 g/mol. The van der Waals surface area contributed by atoms with Crippen molar-refractivity contribution in [3.05, 3.63) is 47.6 Å². The van der Waals surface area contributed by atoms with Gasteiger partial charge in [0.2, 0.25) is 0 Å². The van der Waals surface area contributed by atoms with Crippen LogP contribution < -0.4 is 10.1 Å². The smallest absolute Gasteiger partial charge is 0.138 e. The van der Waals surface area contributed by atoms with Crippen LogP contribution in [-0.2, 0) is 0 Å². The second kappa shape index (κ2) is 6.10. The van der Waals surface area contributed by atoms with E-state index in [1.54, 1.807) is 17.7 Å². The minimum Gasteiger partial charge on any atom is -0.494 e. The van der Waals surface area contributed by atoms with Crippen molar-refractivity contribution < 1.29 is 4.74 Å². The Morgan fingerprint density at radius 1 is 1.29 bits per heavy atom. The Hall–Kier alpha value is -2.14. The molecule has 2 aromatic heterocycles. The molecule has 108 valence electrons. The summed E-state index contributed by atoms with van der Waals surface area (Å²) in [5.41, 5.74) is 1.17. The van der Waals surface area contributed by atoms with Crippen molar-refractivity contribution in [2.24, 2.45) is 0 Å². The average Bonchev–Trinajstić information content (AvgIpc) is 2.97. The standard InChI is InChI=1S/C16H17N3OS/c1-3-20-13-6-4-5-12(9-13)11(2)19-15-14-7-8-21-16(14)18-10-17-15/h4-11H,3H2,1-2H3,(H,17,18,19). The van der Waals surface area contributed by atoms with E-state index in [2.05, 4.69) is 34.3 Å². The third kappa shape index (κ3) is 2.97. The number of rotatable bonds is 5. The lowest BCUT2D eigenvalue weighted by Crippen LogP contribution is -2.08. The molecule has 5 heteroatoms. The van der Waals surface area contributed by atoms with Crippen molar-refractivity contribution in [1.29, 1.82) is 0 Å². The van der Waals surface area contributed by atoms with Crippen LogP contribution in [0.3, 0.4) is 0 Å².